The van der Waals surface area contributed by atoms with Crippen LogP contribution in [0.25, 0.3) is 0 Å². The highest BCUT2D eigenvalue weighted by Crippen LogP contribution is 2.33. The molecule has 0 unspecified atom stereocenters. The number of rotatable bonds is 7. The summed E-state index contributed by atoms with van der Waals surface area (Å²) in [6.07, 6.45) is 5.12. The van der Waals surface area contributed by atoms with E-state index in [1.807, 2.05) is 11.8 Å². The summed E-state index contributed by atoms with van der Waals surface area (Å²) in [7, 11) is -2.80. The Bertz CT molecular complexity index is 330. The SMILES string of the molecule is CCS(=O)(=O)CCCN1CCC(CN)(SC)CC1. The molecule has 0 aromatic carbocycles. The number of nitrogens with zero attached hydrogens (tertiary/aromatic N) is 1. The van der Waals surface area contributed by atoms with Gasteiger partial charge in [0.1, 0.15) is 9.84 Å². The van der Waals surface area contributed by atoms with Crippen molar-refractivity contribution < 1.29 is 8.42 Å². The second kappa shape index (κ2) is 7.12. The van der Waals surface area contributed by atoms with Crippen LogP contribution in [0.2, 0.25) is 0 Å². The molecule has 1 aliphatic heterocycles. The van der Waals surface area contributed by atoms with E-state index in [0.29, 0.717) is 5.75 Å². The van der Waals surface area contributed by atoms with E-state index in [-0.39, 0.29) is 10.5 Å². The molecule has 1 heterocycles. The quantitative estimate of drug-likeness (QED) is 0.758. The molecule has 1 fully saturated rings. The Kier molecular flexibility index (Phi) is 6.44. The maximum atomic E-state index is 11.4. The van der Waals surface area contributed by atoms with Crippen LogP contribution in [0.1, 0.15) is 26.2 Å². The monoisotopic (exact) mass is 294 g/mol. The lowest BCUT2D eigenvalue weighted by molar-refractivity contribution is 0.203. The van der Waals surface area contributed by atoms with Crippen molar-refractivity contribution in [3.63, 3.8) is 0 Å². The highest BCUT2D eigenvalue weighted by molar-refractivity contribution is 8.00. The van der Waals surface area contributed by atoms with Gasteiger partial charge in [0.05, 0.1) is 5.75 Å². The van der Waals surface area contributed by atoms with E-state index < -0.39 is 9.84 Å². The molecule has 0 radical (unpaired) electrons. The number of piperidine rings is 1. The predicted octanol–water partition coefficient (Wildman–Crippen LogP) is 0.968. The number of hydrogen-bond acceptors (Lipinski definition) is 5. The minimum absolute atomic E-state index is 0.256. The first-order valence-corrected chi connectivity index (χ1v) is 9.69. The summed E-state index contributed by atoms with van der Waals surface area (Å²) < 4.78 is 23.1. The van der Waals surface area contributed by atoms with E-state index in [9.17, 15) is 8.42 Å². The fraction of sp³-hybridized carbons (Fsp3) is 1.00. The fourth-order valence-electron chi connectivity index (χ4n) is 2.33. The molecule has 2 N–H and O–H groups in total. The van der Waals surface area contributed by atoms with Crippen molar-refractivity contribution >= 4 is 21.6 Å². The minimum atomic E-state index is -2.80. The van der Waals surface area contributed by atoms with Crippen LogP contribution in [0.5, 0.6) is 0 Å². The van der Waals surface area contributed by atoms with E-state index in [2.05, 4.69) is 11.2 Å². The topological polar surface area (TPSA) is 63.4 Å². The van der Waals surface area contributed by atoms with Gasteiger partial charge in [-0.05, 0) is 45.2 Å². The Hall–Kier alpha value is 0.220. The molecular weight excluding hydrogens is 268 g/mol. The summed E-state index contributed by atoms with van der Waals surface area (Å²) in [5, 5.41) is 0. The van der Waals surface area contributed by atoms with Crippen molar-refractivity contribution in [2.24, 2.45) is 5.73 Å². The van der Waals surface area contributed by atoms with Gasteiger partial charge in [-0.1, -0.05) is 6.92 Å². The molecule has 0 spiro atoms. The third-order valence-electron chi connectivity index (χ3n) is 3.94. The first-order valence-electron chi connectivity index (χ1n) is 6.65. The number of hydrogen-bond donors (Lipinski definition) is 1. The van der Waals surface area contributed by atoms with Gasteiger partial charge in [-0.25, -0.2) is 8.42 Å². The second-order valence-electron chi connectivity index (χ2n) is 5.02. The van der Waals surface area contributed by atoms with Crippen molar-refractivity contribution in [2.45, 2.75) is 30.9 Å². The lowest BCUT2D eigenvalue weighted by Gasteiger charge is -2.40. The number of sulfone groups is 1. The summed E-state index contributed by atoms with van der Waals surface area (Å²) in [6.45, 7) is 5.44. The van der Waals surface area contributed by atoms with Crippen molar-refractivity contribution in [1.29, 1.82) is 0 Å². The van der Waals surface area contributed by atoms with Crippen LogP contribution in [0.4, 0.5) is 0 Å². The average Bonchev–Trinajstić information content (AvgIpc) is 2.40. The minimum Gasteiger partial charge on any atom is -0.329 e. The molecule has 0 bridgehead atoms. The molecule has 1 rings (SSSR count). The summed E-state index contributed by atoms with van der Waals surface area (Å²) in [6, 6.07) is 0. The largest absolute Gasteiger partial charge is 0.329 e. The molecule has 108 valence electrons. The predicted molar refractivity (Wildman–Crippen MR) is 79.9 cm³/mol. The number of likely N-dealkylation sites (tertiary alicyclic amines) is 1. The van der Waals surface area contributed by atoms with Gasteiger partial charge in [-0.2, -0.15) is 11.8 Å². The third-order valence-corrected chi connectivity index (χ3v) is 7.17. The van der Waals surface area contributed by atoms with Gasteiger partial charge in [-0.15, -0.1) is 0 Å². The zero-order valence-electron chi connectivity index (χ0n) is 11.5. The highest BCUT2D eigenvalue weighted by atomic mass is 32.2. The number of nitrogens with two attached hydrogens (primary N) is 1. The molecule has 0 amide bonds. The molecule has 0 aromatic heterocycles. The summed E-state index contributed by atoms with van der Waals surface area (Å²) in [5.41, 5.74) is 5.85. The Morgan fingerprint density at radius 1 is 1.33 bits per heavy atom. The van der Waals surface area contributed by atoms with Gasteiger partial charge in [0.2, 0.25) is 0 Å². The Labute approximate surface area is 116 Å². The van der Waals surface area contributed by atoms with Crippen LogP contribution in [0.15, 0.2) is 0 Å². The van der Waals surface area contributed by atoms with E-state index >= 15 is 0 Å². The van der Waals surface area contributed by atoms with Crippen LogP contribution >= 0.6 is 11.8 Å². The molecule has 0 atom stereocenters. The Morgan fingerprint density at radius 2 is 1.94 bits per heavy atom. The first kappa shape index (κ1) is 16.3. The molecule has 0 saturated carbocycles. The molecule has 0 aliphatic carbocycles. The van der Waals surface area contributed by atoms with Crippen molar-refractivity contribution in [3.8, 4) is 0 Å². The maximum Gasteiger partial charge on any atom is 0.150 e. The van der Waals surface area contributed by atoms with Gasteiger partial charge in [0.25, 0.3) is 0 Å². The van der Waals surface area contributed by atoms with Gasteiger partial charge < -0.3 is 10.6 Å². The molecule has 6 heteroatoms. The summed E-state index contributed by atoms with van der Waals surface area (Å²) >= 11 is 1.88. The van der Waals surface area contributed by atoms with E-state index in [0.717, 1.165) is 45.4 Å². The first-order chi connectivity index (χ1) is 8.47. The molecule has 1 saturated heterocycles. The van der Waals surface area contributed by atoms with Crippen molar-refractivity contribution in [1.82, 2.24) is 4.90 Å². The average molecular weight is 294 g/mol. The zero-order valence-corrected chi connectivity index (χ0v) is 13.2. The van der Waals surface area contributed by atoms with E-state index in [1.165, 1.54) is 0 Å². The van der Waals surface area contributed by atoms with Crippen LogP contribution in [-0.4, -0.2) is 62.0 Å². The Morgan fingerprint density at radius 3 is 2.39 bits per heavy atom. The van der Waals surface area contributed by atoms with Crippen LogP contribution in [0.3, 0.4) is 0 Å². The molecule has 18 heavy (non-hydrogen) atoms. The summed E-state index contributed by atoms with van der Waals surface area (Å²) in [4.78, 5) is 2.37. The van der Waals surface area contributed by atoms with Crippen molar-refractivity contribution in [2.75, 3.05) is 43.9 Å². The lowest BCUT2D eigenvalue weighted by Crippen LogP contribution is -2.46. The fourth-order valence-corrected chi connectivity index (χ4v) is 3.94. The van der Waals surface area contributed by atoms with Crippen LogP contribution in [0, 0.1) is 0 Å². The molecule has 0 aromatic rings. The van der Waals surface area contributed by atoms with Crippen LogP contribution < -0.4 is 5.73 Å². The lowest BCUT2D eigenvalue weighted by atomic mass is 9.96. The zero-order chi connectivity index (χ0) is 13.6. The smallest absolute Gasteiger partial charge is 0.150 e. The summed E-state index contributed by atoms with van der Waals surface area (Å²) in [5.74, 6) is 0.584. The van der Waals surface area contributed by atoms with Gasteiger partial charge >= 0.3 is 0 Å². The molecular formula is C12H26N2O2S2. The Balaban J connectivity index is 2.28. The number of thioether (sulfide) groups is 1. The molecule has 1 aliphatic rings. The standard InChI is InChI=1S/C12H26N2O2S2/c1-3-18(15,16)10-4-7-14-8-5-12(11-13,17-2)6-9-14/h3-11,13H2,1-2H3. The third kappa shape index (κ3) is 4.72. The van der Waals surface area contributed by atoms with Gasteiger partial charge in [0.15, 0.2) is 0 Å². The van der Waals surface area contributed by atoms with Gasteiger partial charge in [-0.3, -0.25) is 0 Å². The van der Waals surface area contributed by atoms with E-state index in [4.69, 9.17) is 5.73 Å². The van der Waals surface area contributed by atoms with Crippen molar-refractivity contribution in [3.05, 3.63) is 0 Å². The maximum absolute atomic E-state index is 11.4. The van der Waals surface area contributed by atoms with Gasteiger partial charge in [0, 0.05) is 17.0 Å². The molecule has 4 nitrogen and oxygen atoms in total. The van der Waals surface area contributed by atoms with Crippen LogP contribution in [-0.2, 0) is 9.84 Å². The normalized spacial score (nSPS) is 21.1. The second-order valence-corrected chi connectivity index (χ2v) is 8.77. The highest BCUT2D eigenvalue weighted by Gasteiger charge is 2.32. The van der Waals surface area contributed by atoms with E-state index in [1.54, 1.807) is 6.92 Å².